The highest BCUT2D eigenvalue weighted by Crippen LogP contribution is 2.36. The number of alkyl halides is 1. The first-order valence-corrected chi connectivity index (χ1v) is 7.73. The molecule has 1 aromatic heterocycles. The lowest BCUT2D eigenvalue weighted by molar-refractivity contribution is 0.603. The van der Waals surface area contributed by atoms with Gasteiger partial charge in [-0.15, -0.1) is 22.9 Å². The summed E-state index contributed by atoms with van der Waals surface area (Å²) in [7, 11) is 0. The molecule has 1 unspecified atom stereocenters. The molecule has 0 aliphatic rings. The zero-order valence-electron chi connectivity index (χ0n) is 9.14. The normalized spacial score (nSPS) is 13.0. The molecule has 0 aliphatic carbocycles. The number of thiophene rings is 1. The van der Waals surface area contributed by atoms with Crippen molar-refractivity contribution in [2.75, 3.05) is 0 Å². The second kappa shape index (κ2) is 7.70. The first-order chi connectivity index (χ1) is 7.25. The van der Waals surface area contributed by atoms with Gasteiger partial charge in [0.1, 0.15) is 0 Å². The van der Waals surface area contributed by atoms with Crippen molar-refractivity contribution >= 4 is 38.9 Å². The third-order valence-electron chi connectivity index (χ3n) is 2.49. The highest BCUT2D eigenvalue weighted by molar-refractivity contribution is 9.10. The Hall–Kier alpha value is 0.470. The zero-order valence-corrected chi connectivity index (χ0v) is 12.3. The lowest BCUT2D eigenvalue weighted by Gasteiger charge is -2.07. The maximum Gasteiger partial charge on any atom is 0.0689 e. The molecule has 1 rings (SSSR count). The number of unbranched alkanes of at least 4 members (excludes halogenated alkanes) is 4. The Balaban J connectivity index is 2.19. The van der Waals surface area contributed by atoms with Crippen LogP contribution in [0.2, 0.25) is 0 Å². The molecular weight excluding hydrogens is 292 g/mol. The minimum Gasteiger partial charge on any atom is -0.146 e. The fraction of sp³-hybridized carbons (Fsp3) is 0.667. The number of hydrogen-bond acceptors (Lipinski definition) is 1. The molecule has 1 heterocycles. The Morgan fingerprint density at radius 2 is 2.07 bits per heavy atom. The molecule has 0 nitrogen and oxygen atoms in total. The molecule has 1 aromatic rings. The van der Waals surface area contributed by atoms with Crippen LogP contribution in [0.5, 0.6) is 0 Å². The van der Waals surface area contributed by atoms with Crippen LogP contribution in [0.4, 0.5) is 0 Å². The summed E-state index contributed by atoms with van der Waals surface area (Å²) in [6.45, 7) is 2.24. The number of hydrogen-bond donors (Lipinski definition) is 0. The summed E-state index contributed by atoms with van der Waals surface area (Å²) in [6.07, 6.45) is 7.69. The molecule has 0 saturated carbocycles. The number of rotatable bonds is 7. The molecule has 0 amide bonds. The summed E-state index contributed by atoms with van der Waals surface area (Å²) in [5.74, 6) is 0. The maximum atomic E-state index is 6.35. The average molecular weight is 310 g/mol. The van der Waals surface area contributed by atoms with Gasteiger partial charge in [0.05, 0.1) is 5.38 Å². The minimum absolute atomic E-state index is 0.195. The molecule has 1 atom stereocenters. The van der Waals surface area contributed by atoms with E-state index in [1.807, 2.05) is 0 Å². The van der Waals surface area contributed by atoms with E-state index in [1.165, 1.54) is 41.5 Å². The van der Waals surface area contributed by atoms with Crippen molar-refractivity contribution in [2.45, 2.75) is 50.8 Å². The lowest BCUT2D eigenvalue weighted by atomic mass is 10.1. The molecule has 3 heteroatoms. The quantitative estimate of drug-likeness (QED) is 0.418. The second-order valence-electron chi connectivity index (χ2n) is 3.80. The van der Waals surface area contributed by atoms with Crippen LogP contribution in [0.1, 0.15) is 55.7 Å². The van der Waals surface area contributed by atoms with Crippen molar-refractivity contribution < 1.29 is 0 Å². The molecule has 0 aliphatic heterocycles. The summed E-state index contributed by atoms with van der Waals surface area (Å²) in [5.41, 5.74) is 0. The van der Waals surface area contributed by atoms with Crippen LogP contribution >= 0.6 is 38.9 Å². The highest BCUT2D eigenvalue weighted by atomic mass is 79.9. The predicted octanol–water partition coefficient (Wildman–Crippen LogP) is 6.15. The third-order valence-corrected chi connectivity index (χ3v) is 5.04. The summed E-state index contributed by atoms with van der Waals surface area (Å²) >= 11 is 11.6. The minimum atomic E-state index is 0.195. The van der Waals surface area contributed by atoms with Gasteiger partial charge in [0.2, 0.25) is 0 Å². The van der Waals surface area contributed by atoms with Crippen molar-refractivity contribution in [1.82, 2.24) is 0 Å². The van der Waals surface area contributed by atoms with Crippen LogP contribution in [0.3, 0.4) is 0 Å². The smallest absolute Gasteiger partial charge is 0.0689 e. The SMILES string of the molecule is CCCCCCCC(Cl)c1sccc1Br. The Morgan fingerprint density at radius 1 is 1.33 bits per heavy atom. The van der Waals surface area contributed by atoms with E-state index in [4.69, 9.17) is 11.6 Å². The Kier molecular flexibility index (Phi) is 6.94. The van der Waals surface area contributed by atoms with E-state index >= 15 is 0 Å². The standard InChI is InChI=1S/C12H18BrClS/c1-2-3-4-5-6-7-11(14)12-10(13)8-9-15-12/h8-9,11H,2-7H2,1H3. The topological polar surface area (TPSA) is 0 Å². The van der Waals surface area contributed by atoms with Gasteiger partial charge in [-0.3, -0.25) is 0 Å². The van der Waals surface area contributed by atoms with Crippen LogP contribution < -0.4 is 0 Å². The van der Waals surface area contributed by atoms with Crippen LogP contribution in [-0.2, 0) is 0 Å². The third kappa shape index (κ3) is 4.88. The monoisotopic (exact) mass is 308 g/mol. The Morgan fingerprint density at radius 3 is 2.67 bits per heavy atom. The Bertz CT molecular complexity index is 272. The van der Waals surface area contributed by atoms with Crippen molar-refractivity contribution in [3.05, 3.63) is 20.8 Å². The molecular formula is C12H18BrClS. The molecule has 0 radical (unpaired) electrons. The van der Waals surface area contributed by atoms with Gasteiger partial charge in [-0.2, -0.15) is 0 Å². The predicted molar refractivity (Wildman–Crippen MR) is 74.0 cm³/mol. The molecule has 0 aromatic carbocycles. The average Bonchev–Trinajstić information content (AvgIpc) is 2.64. The first-order valence-electron chi connectivity index (χ1n) is 5.62. The van der Waals surface area contributed by atoms with E-state index in [0.29, 0.717) is 0 Å². The summed E-state index contributed by atoms with van der Waals surface area (Å²) in [5, 5.41) is 2.28. The van der Waals surface area contributed by atoms with E-state index < -0.39 is 0 Å². The van der Waals surface area contributed by atoms with Gasteiger partial charge in [0.15, 0.2) is 0 Å². The summed E-state index contributed by atoms with van der Waals surface area (Å²) < 4.78 is 1.17. The molecule has 0 fully saturated rings. The molecule has 0 spiro atoms. The molecule has 0 saturated heterocycles. The number of halogens is 2. The second-order valence-corrected chi connectivity index (χ2v) is 6.13. The molecule has 0 N–H and O–H groups in total. The highest BCUT2D eigenvalue weighted by Gasteiger charge is 2.12. The van der Waals surface area contributed by atoms with Crippen molar-refractivity contribution in [2.24, 2.45) is 0 Å². The van der Waals surface area contributed by atoms with Crippen LogP contribution in [0.25, 0.3) is 0 Å². The largest absolute Gasteiger partial charge is 0.146 e. The van der Waals surface area contributed by atoms with E-state index in [0.717, 1.165) is 6.42 Å². The van der Waals surface area contributed by atoms with E-state index in [9.17, 15) is 0 Å². The van der Waals surface area contributed by atoms with Gasteiger partial charge < -0.3 is 0 Å². The van der Waals surface area contributed by atoms with Gasteiger partial charge in [-0.25, -0.2) is 0 Å². The van der Waals surface area contributed by atoms with Crippen molar-refractivity contribution in [1.29, 1.82) is 0 Å². The summed E-state index contributed by atoms with van der Waals surface area (Å²) in [6, 6.07) is 2.08. The zero-order chi connectivity index (χ0) is 11.1. The van der Waals surface area contributed by atoms with Gasteiger partial charge in [0, 0.05) is 9.35 Å². The van der Waals surface area contributed by atoms with Crippen LogP contribution in [0.15, 0.2) is 15.9 Å². The van der Waals surface area contributed by atoms with Crippen molar-refractivity contribution in [3.63, 3.8) is 0 Å². The molecule has 86 valence electrons. The fourth-order valence-corrected chi connectivity index (χ4v) is 3.81. The van der Waals surface area contributed by atoms with E-state index in [-0.39, 0.29) is 5.38 Å². The first kappa shape index (κ1) is 13.5. The van der Waals surface area contributed by atoms with Gasteiger partial charge in [-0.05, 0) is 33.8 Å². The summed E-state index contributed by atoms with van der Waals surface area (Å²) in [4.78, 5) is 1.28. The fourth-order valence-electron chi connectivity index (χ4n) is 1.59. The van der Waals surface area contributed by atoms with Crippen molar-refractivity contribution in [3.8, 4) is 0 Å². The van der Waals surface area contributed by atoms with Gasteiger partial charge >= 0.3 is 0 Å². The molecule has 15 heavy (non-hydrogen) atoms. The van der Waals surface area contributed by atoms with E-state index in [2.05, 4.69) is 34.3 Å². The van der Waals surface area contributed by atoms with Crippen LogP contribution in [0, 0.1) is 0 Å². The van der Waals surface area contributed by atoms with E-state index in [1.54, 1.807) is 11.3 Å². The van der Waals surface area contributed by atoms with Crippen LogP contribution in [-0.4, -0.2) is 0 Å². The Labute approximate surface area is 110 Å². The van der Waals surface area contributed by atoms with Gasteiger partial charge in [0.25, 0.3) is 0 Å². The molecule has 0 bridgehead atoms. The maximum absolute atomic E-state index is 6.35. The lowest BCUT2D eigenvalue weighted by Crippen LogP contribution is -1.88. The van der Waals surface area contributed by atoms with Gasteiger partial charge in [-0.1, -0.05) is 39.0 Å².